The number of nitrogens with one attached hydrogen (secondary N) is 1. The molecule has 110 valence electrons. The number of hydrogen-bond acceptors (Lipinski definition) is 4. The Bertz CT molecular complexity index is 472. The van der Waals surface area contributed by atoms with Crippen molar-refractivity contribution in [3.8, 4) is 0 Å². The molecule has 1 saturated carbocycles. The van der Waals surface area contributed by atoms with Crippen LogP contribution in [0, 0.1) is 15.5 Å². The second kappa shape index (κ2) is 6.33. The average Bonchev–Trinajstić information content (AvgIpc) is 3.24. The standard InChI is InChI=1S/C15H22N2O3/c1-2-4-14(16-10-15(11-18)7-8-15)12-5-3-6-13(9-12)17(19)20/h3,5-6,9,14,16,18H,2,4,7-8,10-11H2,1H3. The fourth-order valence-electron chi connectivity index (χ4n) is 2.44. The van der Waals surface area contributed by atoms with E-state index in [1.807, 2.05) is 6.07 Å². The lowest BCUT2D eigenvalue weighted by atomic mass is 10.00. The normalized spacial score (nSPS) is 17.7. The van der Waals surface area contributed by atoms with Gasteiger partial charge in [-0.1, -0.05) is 25.5 Å². The van der Waals surface area contributed by atoms with Crippen LogP contribution in [0.4, 0.5) is 5.69 Å². The van der Waals surface area contributed by atoms with E-state index in [2.05, 4.69) is 12.2 Å². The van der Waals surface area contributed by atoms with Crippen molar-refractivity contribution in [1.82, 2.24) is 5.32 Å². The van der Waals surface area contributed by atoms with E-state index in [0.717, 1.165) is 37.8 Å². The number of aliphatic hydroxyl groups is 1. The van der Waals surface area contributed by atoms with Crippen molar-refractivity contribution in [3.63, 3.8) is 0 Å². The van der Waals surface area contributed by atoms with E-state index in [9.17, 15) is 15.2 Å². The monoisotopic (exact) mass is 278 g/mol. The van der Waals surface area contributed by atoms with Gasteiger partial charge in [-0.3, -0.25) is 10.1 Å². The van der Waals surface area contributed by atoms with Gasteiger partial charge < -0.3 is 10.4 Å². The average molecular weight is 278 g/mol. The summed E-state index contributed by atoms with van der Waals surface area (Å²) in [5.41, 5.74) is 1.13. The van der Waals surface area contributed by atoms with Gasteiger partial charge in [0.1, 0.15) is 0 Å². The van der Waals surface area contributed by atoms with Crippen LogP contribution in [0.3, 0.4) is 0 Å². The van der Waals surface area contributed by atoms with E-state index in [4.69, 9.17) is 0 Å². The van der Waals surface area contributed by atoms with E-state index in [1.54, 1.807) is 12.1 Å². The number of non-ortho nitro benzene ring substituents is 1. The van der Waals surface area contributed by atoms with Crippen LogP contribution in [0.5, 0.6) is 0 Å². The highest BCUT2D eigenvalue weighted by Gasteiger charge is 2.41. The Balaban J connectivity index is 2.07. The lowest BCUT2D eigenvalue weighted by Crippen LogP contribution is -2.30. The van der Waals surface area contributed by atoms with Crippen LogP contribution in [0.1, 0.15) is 44.2 Å². The van der Waals surface area contributed by atoms with Crippen molar-refractivity contribution in [1.29, 1.82) is 0 Å². The summed E-state index contributed by atoms with van der Waals surface area (Å²) in [7, 11) is 0. The van der Waals surface area contributed by atoms with Gasteiger partial charge >= 0.3 is 0 Å². The van der Waals surface area contributed by atoms with E-state index >= 15 is 0 Å². The molecule has 1 aliphatic rings. The van der Waals surface area contributed by atoms with Crippen molar-refractivity contribution < 1.29 is 10.0 Å². The maximum Gasteiger partial charge on any atom is 0.269 e. The number of nitro groups is 1. The molecule has 1 aromatic rings. The Hall–Kier alpha value is -1.46. The minimum Gasteiger partial charge on any atom is -0.396 e. The summed E-state index contributed by atoms with van der Waals surface area (Å²) in [5, 5.41) is 23.7. The molecule has 0 bridgehead atoms. The number of aliphatic hydroxyl groups excluding tert-OH is 1. The zero-order valence-electron chi connectivity index (χ0n) is 11.8. The fraction of sp³-hybridized carbons (Fsp3) is 0.600. The highest BCUT2D eigenvalue weighted by Crippen LogP contribution is 2.44. The summed E-state index contributed by atoms with van der Waals surface area (Å²) < 4.78 is 0. The third kappa shape index (κ3) is 3.55. The number of rotatable bonds is 8. The van der Waals surface area contributed by atoms with Gasteiger partial charge in [-0.2, -0.15) is 0 Å². The minimum absolute atomic E-state index is 0.0483. The van der Waals surface area contributed by atoms with Crippen molar-refractivity contribution in [2.24, 2.45) is 5.41 Å². The molecule has 1 fully saturated rings. The van der Waals surface area contributed by atoms with Crippen molar-refractivity contribution in [2.45, 2.75) is 38.6 Å². The Morgan fingerprint density at radius 3 is 2.80 bits per heavy atom. The maximum atomic E-state index is 10.9. The molecule has 0 heterocycles. The number of benzene rings is 1. The molecule has 0 radical (unpaired) electrons. The Kier molecular flexibility index (Phi) is 4.73. The molecular weight excluding hydrogens is 256 g/mol. The number of hydrogen-bond donors (Lipinski definition) is 2. The molecule has 1 atom stereocenters. The zero-order valence-corrected chi connectivity index (χ0v) is 11.8. The lowest BCUT2D eigenvalue weighted by molar-refractivity contribution is -0.384. The predicted octanol–water partition coefficient (Wildman–Crippen LogP) is 2.80. The highest BCUT2D eigenvalue weighted by molar-refractivity contribution is 5.35. The third-order valence-electron chi connectivity index (χ3n) is 4.08. The summed E-state index contributed by atoms with van der Waals surface area (Å²) in [6.45, 7) is 3.09. The first kappa shape index (κ1) is 14.9. The molecule has 0 amide bonds. The van der Waals surface area contributed by atoms with Gasteiger partial charge in [0.05, 0.1) is 4.92 Å². The Labute approximate surface area is 119 Å². The van der Waals surface area contributed by atoms with Gasteiger partial charge in [0.15, 0.2) is 0 Å². The maximum absolute atomic E-state index is 10.9. The van der Waals surface area contributed by atoms with Gasteiger partial charge in [0, 0.05) is 36.7 Å². The summed E-state index contributed by atoms with van der Waals surface area (Å²) in [6, 6.07) is 6.94. The third-order valence-corrected chi connectivity index (χ3v) is 4.08. The second-order valence-corrected chi connectivity index (χ2v) is 5.73. The molecule has 1 aromatic carbocycles. The molecule has 5 heteroatoms. The van der Waals surface area contributed by atoms with Gasteiger partial charge in [0.25, 0.3) is 5.69 Å². The van der Waals surface area contributed by atoms with E-state index in [-0.39, 0.29) is 28.7 Å². The smallest absolute Gasteiger partial charge is 0.269 e. The van der Waals surface area contributed by atoms with Crippen molar-refractivity contribution in [2.75, 3.05) is 13.2 Å². The van der Waals surface area contributed by atoms with Gasteiger partial charge in [-0.05, 0) is 24.8 Å². The predicted molar refractivity (Wildman–Crippen MR) is 77.5 cm³/mol. The SMILES string of the molecule is CCCC(NCC1(CO)CC1)c1cccc([N+](=O)[O-])c1. The van der Waals surface area contributed by atoms with Crippen LogP contribution in [0.25, 0.3) is 0 Å². The van der Waals surface area contributed by atoms with Crippen LogP contribution in [0.2, 0.25) is 0 Å². The molecule has 1 aliphatic carbocycles. The van der Waals surface area contributed by atoms with Crippen molar-refractivity contribution in [3.05, 3.63) is 39.9 Å². The molecule has 0 spiro atoms. The molecule has 1 unspecified atom stereocenters. The first-order chi connectivity index (χ1) is 9.60. The number of nitro benzene ring substituents is 1. The van der Waals surface area contributed by atoms with Crippen molar-refractivity contribution >= 4 is 5.69 Å². The van der Waals surface area contributed by atoms with Crippen LogP contribution >= 0.6 is 0 Å². The molecule has 2 rings (SSSR count). The van der Waals surface area contributed by atoms with Crippen LogP contribution < -0.4 is 5.32 Å². The summed E-state index contributed by atoms with van der Waals surface area (Å²) >= 11 is 0. The Morgan fingerprint density at radius 2 is 2.25 bits per heavy atom. The van der Waals surface area contributed by atoms with Crippen LogP contribution in [-0.4, -0.2) is 23.2 Å². The molecule has 0 aliphatic heterocycles. The summed E-state index contributed by atoms with van der Waals surface area (Å²) in [6.07, 6.45) is 4.06. The largest absolute Gasteiger partial charge is 0.396 e. The minimum atomic E-state index is -0.359. The van der Waals surface area contributed by atoms with E-state index in [0.29, 0.717) is 0 Å². The highest BCUT2D eigenvalue weighted by atomic mass is 16.6. The summed E-state index contributed by atoms with van der Waals surface area (Å²) in [5.74, 6) is 0. The van der Waals surface area contributed by atoms with E-state index in [1.165, 1.54) is 6.07 Å². The summed E-state index contributed by atoms with van der Waals surface area (Å²) in [4.78, 5) is 10.5. The Morgan fingerprint density at radius 1 is 1.50 bits per heavy atom. The lowest BCUT2D eigenvalue weighted by Gasteiger charge is -2.22. The first-order valence-corrected chi connectivity index (χ1v) is 7.19. The first-order valence-electron chi connectivity index (χ1n) is 7.19. The fourth-order valence-corrected chi connectivity index (χ4v) is 2.44. The van der Waals surface area contributed by atoms with Crippen LogP contribution in [-0.2, 0) is 0 Å². The molecule has 2 N–H and O–H groups in total. The van der Waals surface area contributed by atoms with E-state index < -0.39 is 0 Å². The molecule has 0 saturated heterocycles. The molecule has 5 nitrogen and oxygen atoms in total. The molecule has 0 aromatic heterocycles. The van der Waals surface area contributed by atoms with Gasteiger partial charge in [-0.25, -0.2) is 0 Å². The topological polar surface area (TPSA) is 75.4 Å². The number of nitrogens with zero attached hydrogens (tertiary/aromatic N) is 1. The quantitative estimate of drug-likeness (QED) is 0.566. The molecule has 20 heavy (non-hydrogen) atoms. The second-order valence-electron chi connectivity index (χ2n) is 5.73. The van der Waals surface area contributed by atoms with Gasteiger partial charge in [0.2, 0.25) is 0 Å². The van der Waals surface area contributed by atoms with Crippen LogP contribution in [0.15, 0.2) is 24.3 Å². The zero-order chi connectivity index (χ0) is 14.6. The molecular formula is C15H22N2O3. The van der Waals surface area contributed by atoms with Gasteiger partial charge in [-0.15, -0.1) is 0 Å².